The number of likely N-dealkylation sites (N-methyl/N-ethyl adjacent to an activating group) is 1. The number of ketones is 1. The van der Waals surface area contributed by atoms with E-state index in [0.717, 1.165) is 4.90 Å². The second-order valence-corrected chi connectivity index (χ2v) is 5.60. The van der Waals surface area contributed by atoms with Gasteiger partial charge in [0.15, 0.2) is 5.78 Å². The first-order valence-corrected chi connectivity index (χ1v) is 7.34. The van der Waals surface area contributed by atoms with Gasteiger partial charge in [-0.15, -0.1) is 0 Å². The van der Waals surface area contributed by atoms with E-state index in [4.69, 9.17) is 0 Å². The molecule has 1 aliphatic heterocycles. The molecule has 24 heavy (non-hydrogen) atoms. The highest BCUT2D eigenvalue weighted by molar-refractivity contribution is 6.14. The first-order valence-electron chi connectivity index (χ1n) is 7.34. The van der Waals surface area contributed by atoms with Crippen molar-refractivity contribution in [3.05, 3.63) is 71.3 Å². The minimum Gasteiger partial charge on any atom is -0.294 e. The van der Waals surface area contributed by atoms with Crippen LogP contribution in [0.4, 0.5) is 0 Å². The van der Waals surface area contributed by atoms with E-state index in [2.05, 4.69) is 4.89 Å². The second-order valence-electron chi connectivity index (χ2n) is 5.60. The Kier molecular flexibility index (Phi) is 4.01. The maximum absolute atomic E-state index is 12.7. The van der Waals surface area contributed by atoms with Crippen LogP contribution in [-0.4, -0.2) is 34.8 Å². The van der Waals surface area contributed by atoms with E-state index < -0.39 is 23.8 Å². The molecule has 1 heterocycles. The maximum Gasteiger partial charge on any atom is 0.269 e. The lowest BCUT2D eigenvalue weighted by molar-refractivity contribution is -0.318. The molecular weight excluding hydrogens is 310 g/mol. The molecule has 2 aromatic carbocycles. The van der Waals surface area contributed by atoms with Gasteiger partial charge < -0.3 is 0 Å². The average Bonchev–Trinajstić information content (AvgIpc) is 2.64. The van der Waals surface area contributed by atoms with Crippen LogP contribution in [0.1, 0.15) is 32.7 Å². The summed E-state index contributed by atoms with van der Waals surface area (Å²) < 4.78 is 0. The van der Waals surface area contributed by atoms with E-state index in [1.807, 2.05) is 0 Å². The van der Waals surface area contributed by atoms with Gasteiger partial charge in [-0.3, -0.25) is 24.5 Å². The van der Waals surface area contributed by atoms with Gasteiger partial charge in [0, 0.05) is 23.7 Å². The molecule has 1 unspecified atom stereocenters. The monoisotopic (exact) mass is 325 g/mol. The SMILES string of the molecule is CN1C(=O)c2ccccc2C(CC(=O)c2ccccc2)(OO)C1=O. The Hall–Kier alpha value is -2.83. The summed E-state index contributed by atoms with van der Waals surface area (Å²) in [4.78, 5) is 43.0. The summed E-state index contributed by atoms with van der Waals surface area (Å²) in [5, 5.41) is 9.55. The number of hydrogen-bond acceptors (Lipinski definition) is 5. The fourth-order valence-electron chi connectivity index (χ4n) is 2.92. The number of imide groups is 1. The highest BCUT2D eigenvalue weighted by Gasteiger charge is 2.52. The molecule has 0 saturated carbocycles. The fourth-order valence-corrected chi connectivity index (χ4v) is 2.92. The number of benzene rings is 2. The number of Topliss-reactive ketones (excluding diaryl/α,β-unsaturated/α-hetero) is 1. The van der Waals surface area contributed by atoms with Crippen molar-refractivity contribution in [1.29, 1.82) is 0 Å². The highest BCUT2D eigenvalue weighted by Crippen LogP contribution is 2.38. The van der Waals surface area contributed by atoms with E-state index in [0.29, 0.717) is 5.56 Å². The number of rotatable bonds is 4. The summed E-state index contributed by atoms with van der Waals surface area (Å²) in [6.07, 6.45) is -0.416. The zero-order chi connectivity index (χ0) is 17.3. The van der Waals surface area contributed by atoms with Crippen LogP contribution in [-0.2, 0) is 15.3 Å². The van der Waals surface area contributed by atoms with Gasteiger partial charge in [-0.25, -0.2) is 4.89 Å². The van der Waals surface area contributed by atoms with Gasteiger partial charge >= 0.3 is 0 Å². The summed E-state index contributed by atoms with van der Waals surface area (Å²) in [6.45, 7) is 0. The van der Waals surface area contributed by atoms with Crippen LogP contribution < -0.4 is 0 Å². The van der Waals surface area contributed by atoms with Gasteiger partial charge in [-0.1, -0.05) is 48.5 Å². The third-order valence-corrected chi connectivity index (χ3v) is 4.21. The van der Waals surface area contributed by atoms with Gasteiger partial charge in [-0.2, -0.15) is 0 Å². The Morgan fingerprint density at radius 1 is 1.08 bits per heavy atom. The van der Waals surface area contributed by atoms with Crippen molar-refractivity contribution in [2.75, 3.05) is 7.05 Å². The lowest BCUT2D eigenvalue weighted by Gasteiger charge is -2.37. The Morgan fingerprint density at radius 3 is 2.38 bits per heavy atom. The van der Waals surface area contributed by atoms with Gasteiger partial charge in [0.25, 0.3) is 11.8 Å². The molecule has 1 N–H and O–H groups in total. The van der Waals surface area contributed by atoms with E-state index in [1.165, 1.54) is 19.2 Å². The smallest absolute Gasteiger partial charge is 0.269 e. The molecular formula is C18H15NO5. The lowest BCUT2D eigenvalue weighted by Crippen LogP contribution is -2.54. The predicted molar refractivity (Wildman–Crippen MR) is 84.3 cm³/mol. The fraction of sp³-hybridized carbons (Fsp3) is 0.167. The molecule has 0 bridgehead atoms. The molecule has 2 aromatic rings. The van der Waals surface area contributed by atoms with Crippen LogP contribution in [0.15, 0.2) is 54.6 Å². The van der Waals surface area contributed by atoms with Crippen molar-refractivity contribution >= 4 is 17.6 Å². The molecule has 0 aliphatic carbocycles. The zero-order valence-electron chi connectivity index (χ0n) is 12.9. The molecule has 2 amide bonds. The van der Waals surface area contributed by atoms with Crippen LogP contribution in [0, 0.1) is 0 Å². The second kappa shape index (κ2) is 5.99. The van der Waals surface area contributed by atoms with E-state index in [9.17, 15) is 19.6 Å². The number of amides is 2. The molecule has 0 radical (unpaired) electrons. The van der Waals surface area contributed by atoms with Crippen molar-refractivity contribution in [3.63, 3.8) is 0 Å². The van der Waals surface area contributed by atoms with Crippen LogP contribution in [0.2, 0.25) is 0 Å². The van der Waals surface area contributed by atoms with Gasteiger partial charge in [0.2, 0.25) is 5.60 Å². The van der Waals surface area contributed by atoms with Crippen LogP contribution >= 0.6 is 0 Å². The highest BCUT2D eigenvalue weighted by atomic mass is 17.1. The molecule has 0 saturated heterocycles. The molecule has 3 rings (SSSR count). The Morgan fingerprint density at radius 2 is 1.71 bits per heavy atom. The van der Waals surface area contributed by atoms with Crippen molar-refractivity contribution < 1.29 is 24.5 Å². The zero-order valence-corrected chi connectivity index (χ0v) is 12.9. The minimum atomic E-state index is -1.94. The molecule has 122 valence electrons. The topological polar surface area (TPSA) is 83.9 Å². The molecule has 1 aliphatic rings. The normalized spacial score (nSPS) is 20.0. The van der Waals surface area contributed by atoms with E-state index in [-0.39, 0.29) is 16.9 Å². The van der Waals surface area contributed by atoms with Crippen molar-refractivity contribution in [3.8, 4) is 0 Å². The Balaban J connectivity index is 2.11. The number of carbonyl (C=O) groups is 3. The average molecular weight is 325 g/mol. The first-order chi connectivity index (χ1) is 11.5. The molecule has 6 heteroatoms. The summed E-state index contributed by atoms with van der Waals surface area (Å²) in [7, 11) is 1.29. The summed E-state index contributed by atoms with van der Waals surface area (Å²) in [5.41, 5.74) is -1.15. The van der Waals surface area contributed by atoms with Crippen LogP contribution in [0.25, 0.3) is 0 Å². The maximum atomic E-state index is 12.7. The van der Waals surface area contributed by atoms with Crippen molar-refractivity contribution in [2.45, 2.75) is 12.0 Å². The third kappa shape index (κ3) is 2.33. The standard InChI is InChI=1S/C18H15NO5/c1-19-16(21)13-9-5-6-10-14(13)18(24-23,17(19)22)11-15(20)12-7-3-2-4-8-12/h2-10,23H,11H2,1H3. The van der Waals surface area contributed by atoms with Crippen LogP contribution in [0.3, 0.4) is 0 Å². The molecule has 0 spiro atoms. The Bertz CT molecular complexity index is 817. The molecule has 0 fully saturated rings. The number of fused-ring (bicyclic) bond motifs is 1. The van der Waals surface area contributed by atoms with E-state index in [1.54, 1.807) is 42.5 Å². The van der Waals surface area contributed by atoms with Crippen molar-refractivity contribution in [1.82, 2.24) is 4.90 Å². The third-order valence-electron chi connectivity index (χ3n) is 4.21. The number of carbonyl (C=O) groups excluding carboxylic acids is 3. The minimum absolute atomic E-state index is 0.185. The lowest BCUT2D eigenvalue weighted by atomic mass is 9.80. The summed E-state index contributed by atoms with van der Waals surface area (Å²) in [6, 6.07) is 14.7. The first kappa shape index (κ1) is 16.0. The molecule has 0 aromatic heterocycles. The molecule has 1 atom stereocenters. The number of hydrogen-bond donors (Lipinski definition) is 1. The van der Waals surface area contributed by atoms with Gasteiger partial charge in [-0.05, 0) is 6.07 Å². The molecule has 6 nitrogen and oxygen atoms in total. The van der Waals surface area contributed by atoms with Crippen LogP contribution in [0.5, 0.6) is 0 Å². The summed E-state index contributed by atoms with van der Waals surface area (Å²) >= 11 is 0. The summed E-state index contributed by atoms with van der Waals surface area (Å²) in [5.74, 6) is -1.66. The van der Waals surface area contributed by atoms with Crippen molar-refractivity contribution in [2.24, 2.45) is 0 Å². The largest absolute Gasteiger partial charge is 0.294 e. The van der Waals surface area contributed by atoms with Gasteiger partial charge in [0.1, 0.15) is 0 Å². The quantitative estimate of drug-likeness (QED) is 0.403. The van der Waals surface area contributed by atoms with E-state index >= 15 is 0 Å². The van der Waals surface area contributed by atoms with Gasteiger partial charge in [0.05, 0.1) is 6.42 Å². The Labute approximate surface area is 138 Å². The predicted octanol–water partition coefficient (Wildman–Crippen LogP) is 2.26. The number of nitrogens with zero attached hydrogens (tertiary/aromatic N) is 1.